The largest absolute Gasteiger partial charge is 0.465 e. The van der Waals surface area contributed by atoms with Gasteiger partial charge in [0.1, 0.15) is 11.6 Å². The second kappa shape index (κ2) is 11.6. The van der Waals surface area contributed by atoms with Crippen molar-refractivity contribution in [1.29, 1.82) is 0 Å². The summed E-state index contributed by atoms with van der Waals surface area (Å²) < 4.78 is 37.9. The van der Waals surface area contributed by atoms with Crippen molar-refractivity contribution in [2.75, 3.05) is 71.6 Å². The number of amides is 1. The second-order valence-corrected chi connectivity index (χ2v) is 12.5. The zero-order valence-electron chi connectivity index (χ0n) is 23.1. The third-order valence-electron chi connectivity index (χ3n) is 7.87. The molecule has 1 spiro atoms. The molecular formula is C28H37N5O6S. The minimum absolute atomic E-state index is 0.0997. The van der Waals surface area contributed by atoms with E-state index in [0.717, 1.165) is 50.4 Å². The summed E-state index contributed by atoms with van der Waals surface area (Å²) in [5, 5.41) is 2.95. The number of ether oxygens (including phenoxy) is 2. The number of nitrogens with one attached hydrogen (secondary N) is 2. The SMILES string of the molecule is CCOC(=O)CS(=O)(=O)Nc1ccc(C(=O)Nc2ccc(C)c(N3CCOCC3)n2)c(N2CCC3(CC2)CC3)c1. The monoisotopic (exact) mass is 571 g/mol. The fraction of sp³-hybridized carbons (Fsp3) is 0.536. The molecule has 12 heteroatoms. The average Bonchev–Trinajstić information content (AvgIpc) is 3.68. The fourth-order valence-corrected chi connectivity index (χ4v) is 6.34. The summed E-state index contributed by atoms with van der Waals surface area (Å²) in [5.74, 6) is -0.669. The van der Waals surface area contributed by atoms with Gasteiger partial charge in [-0.15, -0.1) is 0 Å². The van der Waals surface area contributed by atoms with E-state index in [1.165, 1.54) is 18.9 Å². The lowest BCUT2D eigenvalue weighted by atomic mass is 9.93. The van der Waals surface area contributed by atoms with Crippen LogP contribution in [0.2, 0.25) is 0 Å². The predicted octanol–water partition coefficient (Wildman–Crippen LogP) is 3.16. The molecule has 3 heterocycles. The zero-order chi connectivity index (χ0) is 28.3. The molecule has 216 valence electrons. The number of esters is 1. The maximum atomic E-state index is 13.6. The Bertz CT molecular complexity index is 1360. The van der Waals surface area contributed by atoms with E-state index >= 15 is 0 Å². The van der Waals surface area contributed by atoms with Gasteiger partial charge in [0.25, 0.3) is 5.91 Å². The van der Waals surface area contributed by atoms with Crippen molar-refractivity contribution < 1.29 is 27.5 Å². The van der Waals surface area contributed by atoms with Crippen LogP contribution in [0.5, 0.6) is 0 Å². The number of hydrogen-bond acceptors (Lipinski definition) is 9. The Morgan fingerprint density at radius 1 is 1.02 bits per heavy atom. The van der Waals surface area contributed by atoms with Gasteiger partial charge in [0, 0.05) is 26.2 Å². The van der Waals surface area contributed by atoms with Crippen LogP contribution in [0.15, 0.2) is 30.3 Å². The fourth-order valence-electron chi connectivity index (χ4n) is 5.39. The lowest BCUT2D eigenvalue weighted by Gasteiger charge is -2.35. The van der Waals surface area contributed by atoms with Gasteiger partial charge in [-0.2, -0.15) is 0 Å². The molecule has 11 nitrogen and oxygen atoms in total. The highest BCUT2D eigenvalue weighted by atomic mass is 32.2. The van der Waals surface area contributed by atoms with Crippen molar-refractivity contribution in [2.45, 2.75) is 39.5 Å². The van der Waals surface area contributed by atoms with Gasteiger partial charge in [0.05, 0.1) is 36.8 Å². The number of carbonyl (C=O) groups excluding carboxylic acids is 2. The lowest BCUT2D eigenvalue weighted by molar-refractivity contribution is -0.139. The summed E-state index contributed by atoms with van der Waals surface area (Å²) in [6.45, 7) is 8.01. The number of anilines is 4. The van der Waals surface area contributed by atoms with Crippen LogP contribution >= 0.6 is 0 Å². The first-order valence-electron chi connectivity index (χ1n) is 13.8. The van der Waals surface area contributed by atoms with Crippen LogP contribution in [0.3, 0.4) is 0 Å². The number of aromatic nitrogens is 1. The number of carbonyl (C=O) groups is 2. The molecule has 2 N–H and O–H groups in total. The van der Waals surface area contributed by atoms with Crippen molar-refractivity contribution in [3.63, 3.8) is 0 Å². The maximum absolute atomic E-state index is 13.6. The van der Waals surface area contributed by atoms with E-state index in [9.17, 15) is 18.0 Å². The maximum Gasteiger partial charge on any atom is 0.323 e. The van der Waals surface area contributed by atoms with Gasteiger partial charge in [0.2, 0.25) is 10.0 Å². The van der Waals surface area contributed by atoms with Crippen molar-refractivity contribution in [1.82, 2.24) is 4.98 Å². The minimum Gasteiger partial charge on any atom is -0.465 e. The summed E-state index contributed by atoms with van der Waals surface area (Å²) in [6, 6.07) is 8.55. The number of piperidine rings is 1. The molecule has 1 aromatic heterocycles. The molecule has 1 amide bonds. The number of sulfonamides is 1. The highest BCUT2D eigenvalue weighted by Gasteiger charge is 2.44. The summed E-state index contributed by atoms with van der Waals surface area (Å²) in [4.78, 5) is 34.4. The summed E-state index contributed by atoms with van der Waals surface area (Å²) in [5.41, 5.74) is 2.80. The molecule has 5 rings (SSSR count). The molecule has 1 aromatic carbocycles. The Hall–Kier alpha value is -3.38. The Balaban J connectivity index is 1.38. The molecule has 2 saturated heterocycles. The number of nitrogens with zero attached hydrogens (tertiary/aromatic N) is 3. The molecule has 2 aliphatic heterocycles. The molecule has 2 aromatic rings. The number of morpholine rings is 1. The number of pyridine rings is 1. The Kier molecular flexibility index (Phi) is 8.18. The highest BCUT2D eigenvalue weighted by Crippen LogP contribution is 2.54. The smallest absolute Gasteiger partial charge is 0.323 e. The van der Waals surface area contributed by atoms with E-state index in [1.54, 1.807) is 25.1 Å². The molecule has 3 aliphatic rings. The topological polar surface area (TPSA) is 130 Å². The van der Waals surface area contributed by atoms with E-state index in [1.807, 2.05) is 13.0 Å². The molecular weight excluding hydrogens is 534 g/mol. The van der Waals surface area contributed by atoms with Gasteiger partial charge in [-0.25, -0.2) is 13.4 Å². The van der Waals surface area contributed by atoms with E-state index in [4.69, 9.17) is 14.5 Å². The van der Waals surface area contributed by atoms with Crippen LogP contribution in [0.25, 0.3) is 0 Å². The summed E-state index contributed by atoms with van der Waals surface area (Å²) in [6.07, 6.45) is 4.56. The van der Waals surface area contributed by atoms with Crippen molar-refractivity contribution in [3.05, 3.63) is 41.5 Å². The Morgan fingerprint density at radius 3 is 2.42 bits per heavy atom. The van der Waals surface area contributed by atoms with Gasteiger partial charge in [0.15, 0.2) is 5.75 Å². The molecule has 3 fully saturated rings. The van der Waals surface area contributed by atoms with Crippen LogP contribution in [-0.2, 0) is 24.3 Å². The van der Waals surface area contributed by atoms with Crippen LogP contribution in [0.4, 0.5) is 23.0 Å². The first kappa shape index (κ1) is 28.2. The minimum atomic E-state index is -3.98. The zero-order valence-corrected chi connectivity index (χ0v) is 23.9. The van der Waals surface area contributed by atoms with E-state index in [0.29, 0.717) is 35.7 Å². The van der Waals surface area contributed by atoms with Crippen LogP contribution < -0.4 is 19.8 Å². The average molecular weight is 572 g/mol. The van der Waals surface area contributed by atoms with Crippen molar-refractivity contribution in [3.8, 4) is 0 Å². The molecule has 40 heavy (non-hydrogen) atoms. The van der Waals surface area contributed by atoms with E-state index in [2.05, 4.69) is 19.8 Å². The van der Waals surface area contributed by atoms with Crippen LogP contribution in [0.1, 0.15) is 48.5 Å². The molecule has 0 atom stereocenters. The standard InChI is InChI=1S/C28H37N5O6S/c1-3-39-25(34)19-40(36,37)31-21-5-6-22(23(18-21)32-12-10-28(8-9-28)11-13-32)27(35)30-24-7-4-20(2)26(29-24)33-14-16-38-17-15-33/h4-7,18,31H,3,8-17,19H2,1-2H3,(H,29,30,35). The first-order valence-corrected chi connectivity index (χ1v) is 15.5. The molecule has 0 radical (unpaired) electrons. The first-order chi connectivity index (χ1) is 19.2. The molecule has 0 unspecified atom stereocenters. The van der Waals surface area contributed by atoms with E-state index in [-0.39, 0.29) is 18.2 Å². The third-order valence-corrected chi connectivity index (χ3v) is 9.04. The van der Waals surface area contributed by atoms with Gasteiger partial charge in [-0.1, -0.05) is 6.07 Å². The Morgan fingerprint density at radius 2 is 1.75 bits per heavy atom. The summed E-state index contributed by atoms with van der Waals surface area (Å²) >= 11 is 0. The van der Waals surface area contributed by atoms with Gasteiger partial charge < -0.3 is 24.6 Å². The normalized spacial score (nSPS) is 18.4. The Labute approximate surface area is 235 Å². The third kappa shape index (κ3) is 6.67. The predicted molar refractivity (Wildman–Crippen MR) is 154 cm³/mol. The van der Waals surface area contributed by atoms with Gasteiger partial charge in [-0.3, -0.25) is 14.3 Å². The molecule has 0 bridgehead atoms. The van der Waals surface area contributed by atoms with E-state index < -0.39 is 21.7 Å². The quantitative estimate of drug-likeness (QED) is 0.436. The number of rotatable bonds is 9. The number of benzene rings is 1. The second-order valence-electron chi connectivity index (χ2n) is 10.8. The van der Waals surface area contributed by atoms with Gasteiger partial charge >= 0.3 is 5.97 Å². The number of hydrogen-bond donors (Lipinski definition) is 2. The lowest BCUT2D eigenvalue weighted by Crippen LogP contribution is -2.37. The summed E-state index contributed by atoms with van der Waals surface area (Å²) in [7, 11) is -3.98. The van der Waals surface area contributed by atoms with Crippen molar-refractivity contribution in [2.24, 2.45) is 5.41 Å². The molecule has 1 aliphatic carbocycles. The van der Waals surface area contributed by atoms with Crippen molar-refractivity contribution >= 4 is 44.9 Å². The van der Waals surface area contributed by atoms with Gasteiger partial charge in [-0.05, 0) is 74.8 Å². The highest BCUT2D eigenvalue weighted by molar-refractivity contribution is 7.93. The molecule has 1 saturated carbocycles. The van der Waals surface area contributed by atoms with Crippen LogP contribution in [0, 0.1) is 12.3 Å². The van der Waals surface area contributed by atoms with Crippen LogP contribution in [-0.4, -0.2) is 77.0 Å². The number of aryl methyl sites for hydroxylation is 1.